The molecule has 0 bridgehead atoms. The third kappa shape index (κ3) is 3.68. The molecule has 1 fully saturated rings. The largest absolute Gasteiger partial charge is 0.378 e. The topological polar surface area (TPSA) is 79.4 Å². The summed E-state index contributed by atoms with van der Waals surface area (Å²) in [6, 6.07) is 13.6. The van der Waals surface area contributed by atoms with Gasteiger partial charge in [-0.05, 0) is 42.5 Å². The summed E-state index contributed by atoms with van der Waals surface area (Å²) in [6.07, 6.45) is 1.52. The van der Waals surface area contributed by atoms with Crippen LogP contribution in [0.25, 0.3) is 10.9 Å². The van der Waals surface area contributed by atoms with Crippen molar-refractivity contribution in [2.24, 2.45) is 0 Å². The highest BCUT2D eigenvalue weighted by molar-refractivity contribution is 6.00. The van der Waals surface area contributed by atoms with Crippen LogP contribution in [-0.4, -0.2) is 49.2 Å². The molecule has 138 valence electrons. The van der Waals surface area contributed by atoms with E-state index in [1.807, 2.05) is 18.2 Å². The van der Waals surface area contributed by atoms with Gasteiger partial charge in [0.1, 0.15) is 12.1 Å². The van der Waals surface area contributed by atoms with Crippen molar-refractivity contribution < 1.29 is 9.53 Å². The molecule has 0 radical (unpaired) electrons. The van der Waals surface area contributed by atoms with Gasteiger partial charge in [0.2, 0.25) is 0 Å². The molecule has 0 unspecified atom stereocenters. The van der Waals surface area contributed by atoms with Gasteiger partial charge in [0.15, 0.2) is 0 Å². The van der Waals surface area contributed by atoms with Crippen LogP contribution in [0.1, 0.15) is 10.4 Å². The van der Waals surface area contributed by atoms with Gasteiger partial charge in [-0.15, -0.1) is 0 Å². The van der Waals surface area contributed by atoms with E-state index >= 15 is 0 Å². The quantitative estimate of drug-likeness (QED) is 0.742. The van der Waals surface area contributed by atoms with Crippen molar-refractivity contribution in [2.45, 2.75) is 0 Å². The van der Waals surface area contributed by atoms with Gasteiger partial charge in [-0.25, -0.2) is 9.97 Å². The monoisotopic (exact) mass is 363 g/mol. The summed E-state index contributed by atoms with van der Waals surface area (Å²) >= 11 is 0. The lowest BCUT2D eigenvalue weighted by Gasteiger charge is -2.28. The molecule has 0 saturated carbocycles. The van der Waals surface area contributed by atoms with Crippen LogP contribution in [0.4, 0.5) is 17.2 Å². The van der Waals surface area contributed by atoms with Crippen LogP contribution in [0.3, 0.4) is 0 Å². The first kappa shape index (κ1) is 17.2. The number of benzene rings is 2. The van der Waals surface area contributed by atoms with Gasteiger partial charge in [-0.3, -0.25) is 4.79 Å². The number of ether oxygens (including phenoxy) is 1. The van der Waals surface area contributed by atoms with E-state index in [9.17, 15) is 4.79 Å². The minimum atomic E-state index is -0.137. The Morgan fingerprint density at radius 3 is 2.59 bits per heavy atom. The molecule has 1 saturated heterocycles. The van der Waals surface area contributed by atoms with Gasteiger partial charge in [-0.1, -0.05) is 0 Å². The Labute approximate surface area is 157 Å². The van der Waals surface area contributed by atoms with Crippen LogP contribution in [0.15, 0.2) is 48.8 Å². The fourth-order valence-electron chi connectivity index (χ4n) is 3.16. The number of hydrogen-bond acceptors (Lipinski definition) is 6. The molecule has 0 spiro atoms. The fourth-order valence-corrected chi connectivity index (χ4v) is 3.16. The summed E-state index contributed by atoms with van der Waals surface area (Å²) in [5.41, 5.74) is 3.46. The van der Waals surface area contributed by atoms with Crippen molar-refractivity contribution in [3.05, 3.63) is 54.4 Å². The Morgan fingerprint density at radius 2 is 1.85 bits per heavy atom. The predicted octanol–water partition coefficient (Wildman–Crippen LogP) is 2.57. The smallest absolute Gasteiger partial charge is 0.251 e. The number of amides is 1. The number of anilines is 3. The minimum absolute atomic E-state index is 0.137. The van der Waals surface area contributed by atoms with E-state index in [2.05, 4.69) is 37.6 Å². The Hall–Kier alpha value is -3.19. The van der Waals surface area contributed by atoms with Gasteiger partial charge in [0.05, 0.1) is 18.7 Å². The highest BCUT2D eigenvalue weighted by Gasteiger charge is 2.12. The van der Waals surface area contributed by atoms with Crippen molar-refractivity contribution in [1.29, 1.82) is 0 Å². The maximum absolute atomic E-state index is 11.9. The molecule has 1 aliphatic heterocycles. The number of nitrogens with zero attached hydrogens (tertiary/aromatic N) is 3. The molecule has 0 atom stereocenters. The second kappa shape index (κ2) is 7.59. The summed E-state index contributed by atoms with van der Waals surface area (Å²) in [5.74, 6) is 0.534. The summed E-state index contributed by atoms with van der Waals surface area (Å²) in [7, 11) is 1.61. The normalized spacial score (nSPS) is 14.2. The molecule has 2 aromatic carbocycles. The molecule has 7 heteroatoms. The number of aromatic nitrogens is 2. The van der Waals surface area contributed by atoms with Crippen molar-refractivity contribution in [2.75, 3.05) is 43.6 Å². The number of nitrogens with one attached hydrogen (secondary N) is 2. The maximum atomic E-state index is 11.9. The number of carbonyl (C=O) groups excluding carboxylic acids is 1. The average molecular weight is 363 g/mol. The standard InChI is InChI=1S/C20H21N5O2/c1-21-20(26)14-2-7-18-17(12-14)19(23-13-22-18)24-15-3-5-16(6-4-15)25-8-10-27-11-9-25/h2-7,12-13H,8-11H2,1H3,(H,21,26)(H,22,23,24). The van der Waals surface area contributed by atoms with E-state index in [0.29, 0.717) is 11.4 Å². The molecule has 3 aromatic rings. The van der Waals surface area contributed by atoms with E-state index in [0.717, 1.165) is 42.9 Å². The summed E-state index contributed by atoms with van der Waals surface area (Å²) in [4.78, 5) is 22.9. The third-order valence-electron chi connectivity index (χ3n) is 4.63. The SMILES string of the molecule is CNC(=O)c1ccc2ncnc(Nc3ccc(N4CCOCC4)cc3)c2c1. The molecule has 4 rings (SSSR count). The number of carbonyl (C=O) groups is 1. The molecule has 2 N–H and O–H groups in total. The molecular weight excluding hydrogens is 342 g/mol. The second-order valence-electron chi connectivity index (χ2n) is 6.30. The second-order valence-corrected chi connectivity index (χ2v) is 6.30. The Bertz CT molecular complexity index is 952. The van der Waals surface area contributed by atoms with Gasteiger partial charge in [-0.2, -0.15) is 0 Å². The van der Waals surface area contributed by atoms with Crippen molar-refractivity contribution in [1.82, 2.24) is 15.3 Å². The van der Waals surface area contributed by atoms with Crippen LogP contribution >= 0.6 is 0 Å². The zero-order chi connectivity index (χ0) is 18.6. The first-order chi connectivity index (χ1) is 13.2. The molecule has 0 aliphatic carbocycles. The first-order valence-electron chi connectivity index (χ1n) is 8.91. The summed E-state index contributed by atoms with van der Waals surface area (Å²) < 4.78 is 5.40. The first-order valence-corrected chi connectivity index (χ1v) is 8.91. The van der Waals surface area contributed by atoms with Crippen LogP contribution < -0.4 is 15.5 Å². The summed E-state index contributed by atoms with van der Waals surface area (Å²) in [5, 5.41) is 6.78. The van der Waals surface area contributed by atoms with Gasteiger partial charge in [0.25, 0.3) is 5.91 Å². The Kier molecular flexibility index (Phi) is 4.84. The maximum Gasteiger partial charge on any atom is 0.251 e. The van der Waals surface area contributed by atoms with Crippen molar-refractivity contribution >= 4 is 34.0 Å². The number of morpholine rings is 1. The molecule has 2 heterocycles. The molecule has 27 heavy (non-hydrogen) atoms. The Balaban J connectivity index is 1.60. The van der Waals surface area contributed by atoms with E-state index in [1.54, 1.807) is 19.2 Å². The zero-order valence-corrected chi connectivity index (χ0v) is 15.1. The molecule has 1 aromatic heterocycles. The zero-order valence-electron chi connectivity index (χ0n) is 15.1. The third-order valence-corrected chi connectivity index (χ3v) is 4.63. The molecule has 1 aliphatic rings. The van der Waals surface area contributed by atoms with Crippen LogP contribution in [0.2, 0.25) is 0 Å². The van der Waals surface area contributed by atoms with E-state index in [-0.39, 0.29) is 5.91 Å². The lowest BCUT2D eigenvalue weighted by atomic mass is 10.1. The van der Waals surface area contributed by atoms with Gasteiger partial charge >= 0.3 is 0 Å². The van der Waals surface area contributed by atoms with Gasteiger partial charge < -0.3 is 20.3 Å². The summed E-state index contributed by atoms with van der Waals surface area (Å²) in [6.45, 7) is 3.35. The van der Waals surface area contributed by atoms with E-state index in [1.165, 1.54) is 12.0 Å². The van der Waals surface area contributed by atoms with E-state index in [4.69, 9.17) is 4.74 Å². The number of fused-ring (bicyclic) bond motifs is 1. The minimum Gasteiger partial charge on any atom is -0.378 e. The van der Waals surface area contributed by atoms with Crippen LogP contribution in [0, 0.1) is 0 Å². The predicted molar refractivity (Wildman–Crippen MR) is 106 cm³/mol. The number of rotatable bonds is 4. The van der Waals surface area contributed by atoms with Crippen molar-refractivity contribution in [3.63, 3.8) is 0 Å². The number of hydrogen-bond donors (Lipinski definition) is 2. The lowest BCUT2D eigenvalue weighted by molar-refractivity contribution is 0.0963. The molecule has 1 amide bonds. The van der Waals surface area contributed by atoms with E-state index < -0.39 is 0 Å². The highest BCUT2D eigenvalue weighted by atomic mass is 16.5. The molecule has 7 nitrogen and oxygen atoms in total. The fraction of sp³-hybridized carbons (Fsp3) is 0.250. The Morgan fingerprint density at radius 1 is 1.07 bits per heavy atom. The van der Waals surface area contributed by atoms with Crippen LogP contribution in [-0.2, 0) is 4.74 Å². The van der Waals surface area contributed by atoms with Gasteiger partial charge in [0, 0.05) is 42.5 Å². The lowest BCUT2D eigenvalue weighted by Crippen LogP contribution is -2.36. The van der Waals surface area contributed by atoms with Crippen molar-refractivity contribution in [3.8, 4) is 0 Å². The van der Waals surface area contributed by atoms with Crippen LogP contribution in [0.5, 0.6) is 0 Å². The highest BCUT2D eigenvalue weighted by Crippen LogP contribution is 2.26. The average Bonchev–Trinajstić information content (AvgIpc) is 2.74. The molecular formula is C20H21N5O2.